The van der Waals surface area contributed by atoms with Crippen LogP contribution in [-0.4, -0.2) is 31.0 Å². The van der Waals surface area contributed by atoms with Crippen molar-refractivity contribution in [2.24, 2.45) is 0 Å². The normalized spacial score (nSPS) is 13.6. The van der Waals surface area contributed by atoms with Gasteiger partial charge in [-0.1, -0.05) is 12.1 Å². The summed E-state index contributed by atoms with van der Waals surface area (Å²) in [6, 6.07) is 3.70. The molecular weight excluding hydrogens is 254 g/mol. The Labute approximate surface area is 112 Å². The number of ether oxygens (including phenoxy) is 2. The van der Waals surface area contributed by atoms with Gasteiger partial charge in [-0.05, 0) is 26.3 Å². The zero-order chi connectivity index (χ0) is 14.5. The first-order chi connectivity index (χ1) is 8.87. The molecule has 0 heterocycles. The van der Waals surface area contributed by atoms with E-state index in [2.05, 4.69) is 0 Å². The van der Waals surface area contributed by atoms with Gasteiger partial charge in [0.1, 0.15) is 6.10 Å². The molecule has 0 aliphatic carbocycles. The Morgan fingerprint density at radius 3 is 2.63 bits per heavy atom. The second-order valence-electron chi connectivity index (χ2n) is 4.95. The maximum atomic E-state index is 13.4. The monoisotopic (exact) mass is 274 g/mol. The van der Waals surface area contributed by atoms with Gasteiger partial charge in [-0.2, -0.15) is 0 Å². The predicted molar refractivity (Wildman–Crippen MR) is 67.8 cm³/mol. The van der Waals surface area contributed by atoms with Crippen molar-refractivity contribution in [1.29, 1.82) is 0 Å². The molecule has 19 heavy (non-hydrogen) atoms. The molecule has 1 aromatic carbocycles. The average Bonchev–Trinajstić information content (AvgIpc) is 2.37. The van der Waals surface area contributed by atoms with Crippen LogP contribution in [0.3, 0.4) is 0 Å². The van der Waals surface area contributed by atoms with Crippen molar-refractivity contribution in [1.82, 2.24) is 0 Å². The topological polar surface area (TPSA) is 38.7 Å². The molecule has 5 heteroatoms. The summed E-state index contributed by atoms with van der Waals surface area (Å²) in [5.41, 5.74) is -0.402. The molecule has 0 saturated heterocycles. The van der Waals surface area contributed by atoms with Gasteiger partial charge in [0.25, 0.3) is 0 Å². The van der Waals surface area contributed by atoms with Crippen molar-refractivity contribution in [3.63, 3.8) is 0 Å². The molecule has 108 valence electrons. The van der Waals surface area contributed by atoms with Crippen LogP contribution in [0.15, 0.2) is 18.2 Å². The summed E-state index contributed by atoms with van der Waals surface area (Å²) in [4.78, 5) is 0. The quantitative estimate of drug-likeness (QED) is 0.777. The maximum absolute atomic E-state index is 13.4. The highest BCUT2D eigenvalue weighted by Crippen LogP contribution is 2.20. The van der Waals surface area contributed by atoms with Crippen LogP contribution in [-0.2, 0) is 9.47 Å². The molecule has 0 saturated carbocycles. The van der Waals surface area contributed by atoms with Gasteiger partial charge in [0.2, 0.25) is 0 Å². The Morgan fingerprint density at radius 1 is 1.32 bits per heavy atom. The molecule has 0 amide bonds. The summed E-state index contributed by atoms with van der Waals surface area (Å²) in [6.07, 6.45) is -0.539. The fraction of sp³-hybridized carbons (Fsp3) is 0.571. The van der Waals surface area contributed by atoms with E-state index in [1.807, 2.05) is 13.8 Å². The second kappa shape index (κ2) is 6.93. The van der Waals surface area contributed by atoms with Crippen molar-refractivity contribution < 1.29 is 23.4 Å². The van der Waals surface area contributed by atoms with Crippen LogP contribution in [0.1, 0.15) is 31.9 Å². The van der Waals surface area contributed by atoms with E-state index < -0.39 is 17.7 Å². The number of hydrogen-bond donors (Lipinski definition) is 1. The van der Waals surface area contributed by atoms with E-state index in [0.29, 0.717) is 13.0 Å². The Kier molecular flexibility index (Phi) is 5.85. The molecule has 3 nitrogen and oxygen atoms in total. The molecule has 1 unspecified atom stereocenters. The highest BCUT2D eigenvalue weighted by Gasteiger charge is 2.18. The van der Waals surface area contributed by atoms with Crippen molar-refractivity contribution in [3.05, 3.63) is 35.4 Å². The molecule has 0 bridgehead atoms. The number of methoxy groups -OCH3 is 1. The van der Waals surface area contributed by atoms with E-state index >= 15 is 0 Å². The van der Waals surface area contributed by atoms with Gasteiger partial charge in [-0.3, -0.25) is 0 Å². The van der Waals surface area contributed by atoms with Gasteiger partial charge in [0, 0.05) is 19.3 Å². The molecule has 1 rings (SSSR count). The lowest BCUT2D eigenvalue weighted by atomic mass is 10.1. The van der Waals surface area contributed by atoms with Crippen molar-refractivity contribution in [2.45, 2.75) is 32.0 Å². The summed E-state index contributed by atoms with van der Waals surface area (Å²) >= 11 is 0. The van der Waals surface area contributed by atoms with Crippen molar-refractivity contribution in [2.75, 3.05) is 20.3 Å². The van der Waals surface area contributed by atoms with Gasteiger partial charge in [-0.25, -0.2) is 8.78 Å². The molecule has 0 aromatic heterocycles. The highest BCUT2D eigenvalue weighted by atomic mass is 19.2. The van der Waals surface area contributed by atoms with Crippen LogP contribution in [0.4, 0.5) is 8.78 Å². The van der Waals surface area contributed by atoms with Crippen molar-refractivity contribution in [3.8, 4) is 0 Å². The molecule has 0 spiro atoms. The van der Waals surface area contributed by atoms with Gasteiger partial charge in [-0.15, -0.1) is 0 Å². The SMILES string of the molecule is COC(C)(C)CCOCC(O)c1cccc(F)c1F. The number of halogens is 2. The zero-order valence-electron chi connectivity index (χ0n) is 11.5. The summed E-state index contributed by atoms with van der Waals surface area (Å²) in [5.74, 6) is -2.01. The minimum Gasteiger partial charge on any atom is -0.386 e. The zero-order valence-corrected chi connectivity index (χ0v) is 11.5. The van der Waals surface area contributed by atoms with Crippen LogP contribution < -0.4 is 0 Å². The van der Waals surface area contributed by atoms with E-state index in [4.69, 9.17) is 9.47 Å². The molecule has 1 atom stereocenters. The van der Waals surface area contributed by atoms with E-state index in [0.717, 1.165) is 6.07 Å². The van der Waals surface area contributed by atoms with Crippen LogP contribution in [0.5, 0.6) is 0 Å². The number of rotatable bonds is 7. The Bertz CT molecular complexity index is 408. The van der Waals surface area contributed by atoms with E-state index in [9.17, 15) is 13.9 Å². The second-order valence-corrected chi connectivity index (χ2v) is 4.95. The molecule has 1 aromatic rings. The molecule has 0 fully saturated rings. The summed E-state index contributed by atoms with van der Waals surface area (Å²) in [6.45, 7) is 4.12. The Balaban J connectivity index is 2.44. The van der Waals surface area contributed by atoms with E-state index in [1.54, 1.807) is 7.11 Å². The van der Waals surface area contributed by atoms with Gasteiger partial charge in [0.05, 0.1) is 12.2 Å². The van der Waals surface area contributed by atoms with Gasteiger partial charge >= 0.3 is 0 Å². The lowest BCUT2D eigenvalue weighted by molar-refractivity contribution is -0.0254. The maximum Gasteiger partial charge on any atom is 0.164 e. The lowest BCUT2D eigenvalue weighted by Crippen LogP contribution is -2.25. The van der Waals surface area contributed by atoms with Gasteiger partial charge in [0.15, 0.2) is 11.6 Å². The first-order valence-corrected chi connectivity index (χ1v) is 6.12. The Morgan fingerprint density at radius 2 is 2.00 bits per heavy atom. The third kappa shape index (κ3) is 4.86. The lowest BCUT2D eigenvalue weighted by Gasteiger charge is -2.23. The van der Waals surface area contributed by atoms with Crippen LogP contribution in [0.25, 0.3) is 0 Å². The molecule has 1 N–H and O–H groups in total. The van der Waals surface area contributed by atoms with Crippen LogP contribution >= 0.6 is 0 Å². The van der Waals surface area contributed by atoms with Crippen LogP contribution in [0, 0.1) is 11.6 Å². The highest BCUT2D eigenvalue weighted by molar-refractivity contribution is 5.21. The number of aliphatic hydroxyl groups is 1. The van der Waals surface area contributed by atoms with Crippen LogP contribution in [0.2, 0.25) is 0 Å². The number of hydrogen-bond acceptors (Lipinski definition) is 3. The first-order valence-electron chi connectivity index (χ1n) is 6.12. The number of benzene rings is 1. The molecule has 0 aliphatic rings. The summed E-state index contributed by atoms with van der Waals surface area (Å²) in [5, 5.41) is 9.75. The first kappa shape index (κ1) is 16.0. The van der Waals surface area contributed by atoms with Gasteiger partial charge < -0.3 is 14.6 Å². The van der Waals surface area contributed by atoms with Crippen molar-refractivity contribution >= 4 is 0 Å². The number of aliphatic hydroxyl groups excluding tert-OH is 1. The third-order valence-electron chi connectivity index (χ3n) is 3.02. The smallest absolute Gasteiger partial charge is 0.164 e. The standard InChI is InChI=1S/C14H20F2O3/c1-14(2,18-3)7-8-19-9-12(17)10-5-4-6-11(15)13(10)16/h4-6,12,17H,7-9H2,1-3H3. The average molecular weight is 274 g/mol. The molecular formula is C14H20F2O3. The molecule has 0 radical (unpaired) electrons. The minimum absolute atomic E-state index is 0.0832. The third-order valence-corrected chi connectivity index (χ3v) is 3.02. The van der Waals surface area contributed by atoms with E-state index in [1.165, 1.54) is 12.1 Å². The summed E-state index contributed by atoms with van der Waals surface area (Å²) < 4.78 is 36.9. The fourth-order valence-electron chi connectivity index (χ4n) is 1.48. The largest absolute Gasteiger partial charge is 0.386 e. The minimum atomic E-state index is -1.18. The fourth-order valence-corrected chi connectivity index (χ4v) is 1.48. The Hall–Kier alpha value is -1.04. The summed E-state index contributed by atoms with van der Waals surface area (Å²) in [7, 11) is 1.61. The molecule has 0 aliphatic heterocycles. The predicted octanol–water partition coefficient (Wildman–Crippen LogP) is 2.83. The van der Waals surface area contributed by atoms with E-state index in [-0.39, 0.29) is 17.8 Å².